The van der Waals surface area contributed by atoms with Crippen LogP contribution in [0.25, 0.3) is 0 Å². The highest BCUT2D eigenvalue weighted by Crippen LogP contribution is 2.42. The van der Waals surface area contributed by atoms with E-state index in [4.69, 9.17) is 15.5 Å². The molecule has 0 rings (SSSR count). The highest BCUT2D eigenvalue weighted by Gasteiger charge is 2.27. The Morgan fingerprint density at radius 1 is 1.10 bits per heavy atom. The van der Waals surface area contributed by atoms with Gasteiger partial charge in [0.25, 0.3) is 0 Å². The predicted octanol–water partition coefficient (Wildman–Crippen LogP) is 0.591. The van der Waals surface area contributed by atoms with Gasteiger partial charge in [0.2, 0.25) is 0 Å². The van der Waals surface area contributed by atoms with E-state index in [0.717, 1.165) is 0 Å². The van der Waals surface area contributed by atoms with Crippen molar-refractivity contribution in [3.63, 3.8) is 0 Å². The fourth-order valence-electron chi connectivity index (χ4n) is 0.933. The van der Waals surface area contributed by atoms with Gasteiger partial charge >= 0.3 is 27.1 Å². The van der Waals surface area contributed by atoms with Crippen molar-refractivity contribution in [1.82, 2.24) is 0 Å². The molecule has 0 heterocycles. The van der Waals surface area contributed by atoms with E-state index in [0.29, 0.717) is 0 Å². The fourth-order valence-corrected chi connectivity index (χ4v) is 2.02. The minimum Gasteiger partial charge on any atom is -0.392 e. The maximum absolute atomic E-state index is 11.3. The maximum atomic E-state index is 11.3. The highest BCUT2D eigenvalue weighted by atomic mass is 31.2. The van der Waals surface area contributed by atoms with Crippen molar-refractivity contribution >= 4 is 27.1 Å². The summed E-state index contributed by atoms with van der Waals surface area (Å²) in [4.78, 5) is 40.7. The number of carbonyl (C=O) groups excluding carboxylic acids is 2. The molecule has 118 valence electrons. The van der Waals surface area contributed by atoms with E-state index in [-0.39, 0.29) is 25.2 Å². The zero-order chi connectivity index (χ0) is 16.0. The van der Waals surface area contributed by atoms with E-state index >= 15 is 0 Å². The minimum absolute atomic E-state index is 0.225. The van der Waals surface area contributed by atoms with Crippen molar-refractivity contribution in [1.29, 1.82) is 0 Å². The first-order valence-corrected chi connectivity index (χ1v) is 9.40. The molecule has 0 aliphatic carbocycles. The Kier molecular flexibility index (Phi) is 7.62. The summed E-state index contributed by atoms with van der Waals surface area (Å²) in [7, 11) is -7.94. The minimum atomic E-state index is -4.00. The number of carbonyl (C=O) groups is 2. The number of rotatable bonds is 8. The Hall–Kier alpha value is -0.720. The van der Waals surface area contributed by atoms with Crippen LogP contribution in [0.1, 0.15) is 26.7 Å². The average molecular weight is 331 g/mol. The third-order valence-corrected chi connectivity index (χ3v) is 4.79. The predicted molar refractivity (Wildman–Crippen MR) is 70.1 cm³/mol. The smallest absolute Gasteiger partial charge is 0.378 e. The van der Waals surface area contributed by atoms with Crippen LogP contribution in [-0.4, -0.2) is 40.1 Å². The highest BCUT2D eigenvalue weighted by molar-refractivity contribution is 7.53. The third kappa shape index (κ3) is 7.77. The first-order chi connectivity index (χ1) is 9.03. The van der Waals surface area contributed by atoms with Crippen molar-refractivity contribution in [2.75, 3.05) is 12.3 Å². The molecule has 0 radical (unpaired) electrons. The Balaban J connectivity index is 4.26. The van der Waals surface area contributed by atoms with Crippen molar-refractivity contribution in [2.45, 2.75) is 32.7 Å². The molecule has 0 saturated carbocycles. The Bertz CT molecular complexity index is 451. The van der Waals surface area contributed by atoms with Crippen molar-refractivity contribution < 1.29 is 37.6 Å². The Labute approximate surface area is 116 Å². The van der Waals surface area contributed by atoms with Crippen LogP contribution < -0.4 is 5.73 Å². The lowest BCUT2D eigenvalue weighted by molar-refractivity contribution is -0.137. The molecule has 0 spiro atoms. The summed E-state index contributed by atoms with van der Waals surface area (Å²) in [6.07, 6.45) is -1.09. The second-order valence-corrected chi connectivity index (χ2v) is 8.11. The third-order valence-electron chi connectivity index (χ3n) is 2.24. The van der Waals surface area contributed by atoms with E-state index < -0.39 is 33.2 Å². The van der Waals surface area contributed by atoms with Gasteiger partial charge in [-0.15, -0.1) is 0 Å². The van der Waals surface area contributed by atoms with Gasteiger partial charge in [-0.25, -0.2) is 9.13 Å². The number of hydrogen-bond donors (Lipinski definition) is 3. The number of nitrogens with two attached hydrogens (primary N) is 1. The molecular formula is C9H19NO8P2. The molecule has 9 nitrogen and oxygen atoms in total. The molecule has 0 saturated heterocycles. The molecule has 3 atom stereocenters. The van der Waals surface area contributed by atoms with Crippen molar-refractivity contribution in [3.8, 4) is 0 Å². The zero-order valence-electron chi connectivity index (χ0n) is 11.2. The summed E-state index contributed by atoms with van der Waals surface area (Å²) in [6.45, 7) is 2.74. The molecule has 2 unspecified atom stereocenters. The van der Waals surface area contributed by atoms with E-state index in [1.165, 1.54) is 13.8 Å². The van der Waals surface area contributed by atoms with Crippen LogP contribution in [0.4, 0.5) is 0 Å². The van der Waals surface area contributed by atoms with Gasteiger partial charge in [-0.05, 0) is 6.42 Å². The van der Waals surface area contributed by atoms with Crippen LogP contribution in [0.5, 0.6) is 0 Å². The first kappa shape index (κ1) is 19.3. The molecule has 11 heteroatoms. The molecule has 20 heavy (non-hydrogen) atoms. The van der Waals surface area contributed by atoms with Crippen LogP contribution >= 0.6 is 15.2 Å². The molecule has 0 bridgehead atoms. The van der Waals surface area contributed by atoms with Crippen LogP contribution in [0, 0.1) is 0 Å². The second-order valence-electron chi connectivity index (χ2n) is 3.93. The maximum Gasteiger partial charge on any atom is 0.378 e. The van der Waals surface area contributed by atoms with E-state index in [1.807, 2.05) is 0 Å². The van der Waals surface area contributed by atoms with Crippen LogP contribution in [0.15, 0.2) is 0 Å². The average Bonchev–Trinajstić information content (AvgIpc) is 2.34. The molecule has 0 aromatic rings. The largest absolute Gasteiger partial charge is 0.392 e. The zero-order valence-corrected chi connectivity index (χ0v) is 13.0. The summed E-state index contributed by atoms with van der Waals surface area (Å²) < 4.78 is 30.9. The topological polar surface area (TPSA) is 153 Å². The van der Waals surface area contributed by atoms with Crippen LogP contribution in [0.3, 0.4) is 0 Å². The van der Waals surface area contributed by atoms with Gasteiger partial charge in [0.1, 0.15) is 6.04 Å². The lowest BCUT2D eigenvalue weighted by atomic mass is 10.2. The van der Waals surface area contributed by atoms with E-state index in [9.17, 15) is 18.7 Å². The molecule has 0 aliphatic rings. The molecule has 4 N–H and O–H groups in total. The molecule has 0 fully saturated rings. The van der Waals surface area contributed by atoms with Gasteiger partial charge in [0.15, 0.2) is 0 Å². The van der Waals surface area contributed by atoms with Gasteiger partial charge in [-0.1, -0.05) is 13.8 Å². The van der Waals surface area contributed by atoms with Gasteiger partial charge in [0, 0.05) is 6.42 Å². The quantitative estimate of drug-likeness (QED) is 0.542. The SMILES string of the molecule is CCP(=O)(O)OC(=O)CC[C@H](N)C(=O)OP(=O)(O)CC. The Morgan fingerprint density at radius 2 is 1.55 bits per heavy atom. The van der Waals surface area contributed by atoms with E-state index in [1.54, 1.807) is 0 Å². The number of hydrogen-bond acceptors (Lipinski definition) is 7. The summed E-state index contributed by atoms with van der Waals surface area (Å²) >= 11 is 0. The lowest BCUT2D eigenvalue weighted by Crippen LogP contribution is -2.32. The van der Waals surface area contributed by atoms with E-state index in [2.05, 4.69) is 9.05 Å². The molecule has 0 aromatic heterocycles. The molecule has 0 aliphatic heterocycles. The first-order valence-electron chi connectivity index (χ1n) is 5.88. The van der Waals surface area contributed by atoms with Gasteiger partial charge < -0.3 is 24.6 Å². The summed E-state index contributed by atoms with van der Waals surface area (Å²) in [5, 5.41) is 0. The standard InChI is InChI=1S/C9H19NO8P2/c1-3-19(13,14)17-8(11)6-5-7(10)9(12)18-20(15,16)4-2/h7H,3-6,10H2,1-2H3,(H,13,14)(H,15,16)/t7-/m0/s1. The normalized spacial score (nSPS) is 18.4. The molecular weight excluding hydrogens is 312 g/mol. The summed E-state index contributed by atoms with van der Waals surface area (Å²) in [5.74, 6) is -2.10. The summed E-state index contributed by atoms with van der Waals surface area (Å²) in [5.41, 5.74) is 5.38. The van der Waals surface area contributed by atoms with Crippen LogP contribution in [0.2, 0.25) is 0 Å². The van der Waals surface area contributed by atoms with Crippen LogP contribution in [-0.2, 0) is 27.8 Å². The molecule has 0 amide bonds. The van der Waals surface area contributed by atoms with Gasteiger partial charge in [0.05, 0.1) is 12.3 Å². The van der Waals surface area contributed by atoms with Crippen molar-refractivity contribution in [2.24, 2.45) is 5.73 Å². The monoisotopic (exact) mass is 331 g/mol. The lowest BCUT2D eigenvalue weighted by Gasteiger charge is -2.14. The Morgan fingerprint density at radius 3 is 2.00 bits per heavy atom. The molecule has 0 aromatic carbocycles. The van der Waals surface area contributed by atoms with Gasteiger partial charge in [-0.3, -0.25) is 9.59 Å². The summed E-state index contributed by atoms with van der Waals surface area (Å²) in [6, 6.07) is -1.30. The second kappa shape index (κ2) is 7.90. The fraction of sp³-hybridized carbons (Fsp3) is 0.778. The van der Waals surface area contributed by atoms with Crippen molar-refractivity contribution in [3.05, 3.63) is 0 Å². The van der Waals surface area contributed by atoms with Gasteiger partial charge in [-0.2, -0.15) is 0 Å².